The zero-order valence-corrected chi connectivity index (χ0v) is 21.7. The van der Waals surface area contributed by atoms with Crippen LogP contribution in [0.3, 0.4) is 0 Å². The fraction of sp³-hybridized carbons (Fsp3) is 0.667. The molecule has 0 aliphatic carbocycles. The second-order valence-corrected chi connectivity index (χ2v) is 11.3. The number of carbonyl (C=O) groups is 3. The van der Waals surface area contributed by atoms with E-state index >= 15 is 0 Å². The lowest BCUT2D eigenvalue weighted by atomic mass is 9.96. The Morgan fingerprint density at radius 3 is 2.21 bits per heavy atom. The minimum atomic E-state index is -0.632. The van der Waals surface area contributed by atoms with Gasteiger partial charge in [-0.2, -0.15) is 0 Å². The third-order valence-electron chi connectivity index (χ3n) is 4.77. The van der Waals surface area contributed by atoms with Gasteiger partial charge < -0.3 is 14.8 Å². The summed E-state index contributed by atoms with van der Waals surface area (Å²) in [5.74, 6) is 0.983. The van der Waals surface area contributed by atoms with Crippen LogP contribution in [0.4, 0.5) is 4.79 Å². The molecule has 0 aromatic heterocycles. The molecule has 1 aromatic carbocycles. The number of Topliss-reactive ketones (excluding diaryl/α,β-unsaturated/α-hetero) is 2. The van der Waals surface area contributed by atoms with E-state index in [0.717, 1.165) is 6.42 Å². The van der Waals surface area contributed by atoms with Crippen LogP contribution in [0.15, 0.2) is 24.3 Å². The number of carbonyl (C=O) groups excluding carboxylic acids is 3. The van der Waals surface area contributed by atoms with Crippen LogP contribution in [0, 0.1) is 11.3 Å². The molecule has 0 fully saturated rings. The van der Waals surface area contributed by atoms with Crippen LogP contribution in [0.1, 0.15) is 97.9 Å². The predicted octanol–water partition coefficient (Wildman–Crippen LogP) is 6.36. The summed E-state index contributed by atoms with van der Waals surface area (Å²) in [5.41, 5.74) is -0.0234. The number of alkyl carbamates (subject to hydrolysis) is 1. The number of hydrogen-bond donors (Lipinski definition) is 1. The van der Waals surface area contributed by atoms with E-state index < -0.39 is 17.7 Å². The van der Waals surface area contributed by atoms with Gasteiger partial charge in [0.25, 0.3) is 0 Å². The summed E-state index contributed by atoms with van der Waals surface area (Å²) in [4.78, 5) is 37.6. The Kier molecular flexibility index (Phi) is 11.1. The monoisotopic (exact) mass is 461 g/mol. The molecule has 1 rings (SSSR count). The molecular weight excluding hydrogens is 418 g/mol. The Labute approximate surface area is 199 Å². The summed E-state index contributed by atoms with van der Waals surface area (Å²) in [6, 6.07) is 6.57. The average molecular weight is 462 g/mol. The topological polar surface area (TPSA) is 81.7 Å². The second-order valence-electron chi connectivity index (χ2n) is 11.3. The molecule has 0 aliphatic heterocycles. The molecule has 33 heavy (non-hydrogen) atoms. The maximum absolute atomic E-state index is 12.8. The lowest BCUT2D eigenvalue weighted by molar-refractivity contribution is -0.121. The van der Waals surface area contributed by atoms with E-state index in [9.17, 15) is 14.4 Å². The highest BCUT2D eigenvalue weighted by Crippen LogP contribution is 2.20. The molecule has 0 aliphatic rings. The van der Waals surface area contributed by atoms with Crippen LogP contribution < -0.4 is 10.1 Å². The van der Waals surface area contributed by atoms with Crippen molar-refractivity contribution in [2.24, 2.45) is 11.3 Å². The van der Waals surface area contributed by atoms with Crippen molar-refractivity contribution >= 4 is 17.7 Å². The molecule has 1 N–H and O–H groups in total. The number of benzene rings is 1. The second kappa shape index (κ2) is 12.8. The highest BCUT2D eigenvalue weighted by Gasteiger charge is 2.24. The van der Waals surface area contributed by atoms with E-state index in [2.05, 4.69) is 39.9 Å². The van der Waals surface area contributed by atoms with Crippen molar-refractivity contribution in [3.05, 3.63) is 29.8 Å². The van der Waals surface area contributed by atoms with Crippen molar-refractivity contribution in [2.45, 2.75) is 99.1 Å². The molecule has 6 nitrogen and oxygen atoms in total. The van der Waals surface area contributed by atoms with Crippen LogP contribution in [0.5, 0.6) is 5.75 Å². The first kappa shape index (κ1) is 28.7. The fourth-order valence-corrected chi connectivity index (χ4v) is 3.06. The fourth-order valence-electron chi connectivity index (χ4n) is 3.06. The summed E-state index contributed by atoms with van der Waals surface area (Å²) in [7, 11) is 0. The summed E-state index contributed by atoms with van der Waals surface area (Å²) < 4.78 is 11.1. The van der Waals surface area contributed by atoms with Crippen molar-refractivity contribution in [2.75, 3.05) is 6.61 Å². The normalized spacial score (nSPS) is 12.9. The Hall–Kier alpha value is -2.37. The van der Waals surface area contributed by atoms with Gasteiger partial charge in [-0.15, -0.1) is 0 Å². The summed E-state index contributed by atoms with van der Waals surface area (Å²) >= 11 is 0. The van der Waals surface area contributed by atoms with E-state index in [4.69, 9.17) is 9.47 Å². The molecular formula is C27H43NO5. The van der Waals surface area contributed by atoms with Crippen molar-refractivity contribution < 1.29 is 23.9 Å². The SMILES string of the molecule is CC(C)CCC(NC(=O)OC(C)(C)C)C(=O)CCCC(=O)c1cccc(OCC(C)(C)C)c1. The van der Waals surface area contributed by atoms with E-state index in [0.29, 0.717) is 36.7 Å². The number of ether oxygens (including phenoxy) is 2. The molecule has 1 aromatic rings. The first-order valence-electron chi connectivity index (χ1n) is 11.9. The minimum Gasteiger partial charge on any atom is -0.493 e. The first-order valence-corrected chi connectivity index (χ1v) is 11.9. The number of hydrogen-bond acceptors (Lipinski definition) is 5. The van der Waals surface area contributed by atoms with Crippen LogP contribution in [-0.4, -0.2) is 35.9 Å². The van der Waals surface area contributed by atoms with Gasteiger partial charge in [0.2, 0.25) is 0 Å². The van der Waals surface area contributed by atoms with Gasteiger partial charge in [0.1, 0.15) is 11.4 Å². The van der Waals surface area contributed by atoms with Gasteiger partial charge in [-0.25, -0.2) is 4.79 Å². The molecule has 0 bridgehead atoms. The van der Waals surface area contributed by atoms with E-state index in [-0.39, 0.29) is 29.8 Å². The van der Waals surface area contributed by atoms with Gasteiger partial charge in [0.15, 0.2) is 11.6 Å². The molecule has 6 heteroatoms. The average Bonchev–Trinajstić information content (AvgIpc) is 2.67. The number of rotatable bonds is 12. The first-order chi connectivity index (χ1) is 15.2. The van der Waals surface area contributed by atoms with Gasteiger partial charge in [-0.3, -0.25) is 9.59 Å². The molecule has 186 valence electrons. The third kappa shape index (κ3) is 13.1. The van der Waals surface area contributed by atoms with Gasteiger partial charge in [-0.1, -0.05) is 46.8 Å². The molecule has 0 saturated carbocycles. The quantitative estimate of drug-likeness (QED) is 0.366. The highest BCUT2D eigenvalue weighted by molar-refractivity contribution is 5.96. The molecule has 0 saturated heterocycles. The maximum atomic E-state index is 12.8. The maximum Gasteiger partial charge on any atom is 0.408 e. The Balaban J connectivity index is 2.64. The van der Waals surface area contributed by atoms with Crippen molar-refractivity contribution in [1.82, 2.24) is 5.32 Å². The van der Waals surface area contributed by atoms with Crippen molar-refractivity contribution in [1.29, 1.82) is 0 Å². The van der Waals surface area contributed by atoms with Crippen LogP contribution in [0.2, 0.25) is 0 Å². The summed E-state index contributed by atoms with van der Waals surface area (Å²) in [5, 5.41) is 2.72. The molecule has 1 amide bonds. The van der Waals surface area contributed by atoms with Crippen molar-refractivity contribution in [3.8, 4) is 5.75 Å². The van der Waals surface area contributed by atoms with E-state index in [1.165, 1.54) is 0 Å². The van der Waals surface area contributed by atoms with Crippen molar-refractivity contribution in [3.63, 3.8) is 0 Å². The highest BCUT2D eigenvalue weighted by atomic mass is 16.6. The summed E-state index contributed by atoms with van der Waals surface area (Å²) in [6.45, 7) is 16.3. The number of ketones is 2. The van der Waals surface area contributed by atoms with Gasteiger partial charge in [-0.05, 0) is 63.5 Å². The Morgan fingerprint density at radius 1 is 0.970 bits per heavy atom. The van der Waals surface area contributed by atoms with Crippen LogP contribution >= 0.6 is 0 Å². The lowest BCUT2D eigenvalue weighted by Crippen LogP contribution is -2.43. The number of nitrogens with one attached hydrogen (secondary N) is 1. The number of amides is 1. The van der Waals surface area contributed by atoms with Gasteiger partial charge >= 0.3 is 6.09 Å². The zero-order valence-electron chi connectivity index (χ0n) is 21.7. The van der Waals surface area contributed by atoms with Gasteiger partial charge in [0.05, 0.1) is 12.6 Å². The Morgan fingerprint density at radius 2 is 1.64 bits per heavy atom. The third-order valence-corrected chi connectivity index (χ3v) is 4.77. The largest absolute Gasteiger partial charge is 0.493 e. The van der Waals surface area contributed by atoms with Gasteiger partial charge in [0, 0.05) is 18.4 Å². The molecule has 1 unspecified atom stereocenters. The minimum absolute atomic E-state index is 0.0251. The molecule has 0 radical (unpaired) electrons. The molecule has 0 spiro atoms. The lowest BCUT2D eigenvalue weighted by Gasteiger charge is -2.23. The zero-order chi connectivity index (χ0) is 25.2. The summed E-state index contributed by atoms with van der Waals surface area (Å²) in [6.07, 6.45) is 1.69. The smallest absolute Gasteiger partial charge is 0.408 e. The van der Waals surface area contributed by atoms with E-state index in [1.54, 1.807) is 32.9 Å². The standard InChI is InChI=1S/C27H43NO5/c1-19(2)15-16-22(28-25(31)33-27(6,7)8)24(30)14-10-13-23(29)20-11-9-12-21(17-20)32-18-26(3,4)5/h9,11-12,17,19,22H,10,13-16,18H2,1-8H3,(H,28,31). The van der Waals surface area contributed by atoms with Crippen LogP contribution in [-0.2, 0) is 9.53 Å². The molecule has 1 atom stereocenters. The van der Waals surface area contributed by atoms with Crippen LogP contribution in [0.25, 0.3) is 0 Å². The predicted molar refractivity (Wildman–Crippen MR) is 132 cm³/mol. The van der Waals surface area contributed by atoms with E-state index in [1.807, 2.05) is 12.1 Å². The Bertz CT molecular complexity index is 786. The molecule has 0 heterocycles.